The zero-order valence-corrected chi connectivity index (χ0v) is 13.4. The summed E-state index contributed by atoms with van der Waals surface area (Å²) in [6.07, 6.45) is 2.76. The molecule has 0 unspecified atom stereocenters. The van der Waals surface area contributed by atoms with Gasteiger partial charge in [0.05, 0.1) is 5.56 Å². The molecule has 4 rings (SSSR count). The Hall–Kier alpha value is -2.56. The fourth-order valence-electron chi connectivity index (χ4n) is 3.64. The average molecular weight is 308 g/mol. The second kappa shape index (κ2) is 5.26. The fraction of sp³-hybridized carbons (Fsp3) is 0.333. The summed E-state index contributed by atoms with van der Waals surface area (Å²) in [6, 6.07) is 10.1. The van der Waals surface area contributed by atoms with E-state index in [0.717, 1.165) is 47.4 Å². The van der Waals surface area contributed by atoms with Crippen molar-refractivity contribution in [2.24, 2.45) is 7.05 Å². The number of aromatic nitrogens is 3. The molecule has 1 fully saturated rings. The van der Waals surface area contributed by atoms with Crippen LogP contribution in [0.1, 0.15) is 34.1 Å². The van der Waals surface area contributed by atoms with Crippen molar-refractivity contribution < 1.29 is 4.79 Å². The van der Waals surface area contributed by atoms with E-state index in [-0.39, 0.29) is 5.91 Å². The van der Waals surface area contributed by atoms with Gasteiger partial charge in [-0.1, -0.05) is 18.2 Å². The van der Waals surface area contributed by atoms with Crippen molar-refractivity contribution in [2.45, 2.75) is 19.3 Å². The Morgan fingerprint density at radius 3 is 2.91 bits per heavy atom. The highest BCUT2D eigenvalue weighted by atomic mass is 16.2. The number of H-pyrrole nitrogens is 1. The molecule has 1 amide bonds. The van der Waals surface area contributed by atoms with Gasteiger partial charge in [0.2, 0.25) is 0 Å². The van der Waals surface area contributed by atoms with E-state index < -0.39 is 0 Å². The zero-order chi connectivity index (χ0) is 16.0. The van der Waals surface area contributed by atoms with Crippen LogP contribution in [-0.4, -0.2) is 38.7 Å². The summed E-state index contributed by atoms with van der Waals surface area (Å²) in [5, 5.41) is 8.10. The molecule has 1 atom stereocenters. The van der Waals surface area contributed by atoms with Crippen molar-refractivity contribution in [3.05, 3.63) is 53.5 Å². The summed E-state index contributed by atoms with van der Waals surface area (Å²) in [5.41, 5.74) is 4.10. The first-order chi connectivity index (χ1) is 11.2. The number of amides is 1. The molecule has 0 aliphatic carbocycles. The maximum absolute atomic E-state index is 13.1. The summed E-state index contributed by atoms with van der Waals surface area (Å²) < 4.78 is 2.10. The van der Waals surface area contributed by atoms with Crippen molar-refractivity contribution in [3.8, 4) is 0 Å². The summed E-state index contributed by atoms with van der Waals surface area (Å²) in [7, 11) is 2.02. The topological polar surface area (TPSA) is 53.9 Å². The smallest absolute Gasteiger partial charge is 0.256 e. The van der Waals surface area contributed by atoms with E-state index in [1.165, 1.54) is 0 Å². The first-order valence-electron chi connectivity index (χ1n) is 7.99. The molecule has 118 valence electrons. The first kappa shape index (κ1) is 14.1. The number of fused-ring (bicyclic) bond motifs is 1. The van der Waals surface area contributed by atoms with Crippen LogP contribution in [0, 0.1) is 6.92 Å². The lowest BCUT2D eigenvalue weighted by Gasteiger charge is -2.16. The van der Waals surface area contributed by atoms with E-state index in [4.69, 9.17) is 0 Å². The second-order valence-electron chi connectivity index (χ2n) is 6.29. The number of carbonyl (C=O) groups excluding carboxylic acids is 1. The SMILES string of the molecule is Cc1c(C(=O)N2CC[C@H](c3ccn[nH]3)C2)c2ccccc2n1C. The molecule has 1 aliphatic rings. The van der Waals surface area contributed by atoms with Crippen LogP contribution in [0.3, 0.4) is 0 Å². The molecule has 0 saturated carbocycles. The van der Waals surface area contributed by atoms with Crippen LogP contribution in [0.5, 0.6) is 0 Å². The summed E-state index contributed by atoms with van der Waals surface area (Å²) in [4.78, 5) is 15.1. The lowest BCUT2D eigenvalue weighted by Crippen LogP contribution is -2.29. The molecule has 3 aromatic rings. The highest BCUT2D eigenvalue weighted by molar-refractivity contribution is 6.08. The number of rotatable bonds is 2. The molecule has 5 heteroatoms. The number of benzene rings is 1. The van der Waals surface area contributed by atoms with Gasteiger partial charge >= 0.3 is 0 Å². The van der Waals surface area contributed by atoms with Crippen LogP contribution in [0.2, 0.25) is 0 Å². The molecule has 3 heterocycles. The minimum absolute atomic E-state index is 0.140. The summed E-state index contributed by atoms with van der Waals surface area (Å²) in [6.45, 7) is 3.57. The van der Waals surface area contributed by atoms with Crippen LogP contribution in [0.4, 0.5) is 0 Å². The van der Waals surface area contributed by atoms with Crippen LogP contribution in [-0.2, 0) is 7.05 Å². The number of nitrogens with zero attached hydrogens (tertiary/aromatic N) is 3. The Morgan fingerprint density at radius 1 is 1.30 bits per heavy atom. The van der Waals surface area contributed by atoms with Gasteiger partial charge in [-0.2, -0.15) is 5.10 Å². The minimum Gasteiger partial charge on any atom is -0.347 e. The summed E-state index contributed by atoms with van der Waals surface area (Å²) in [5.74, 6) is 0.498. The van der Waals surface area contributed by atoms with Crippen molar-refractivity contribution in [2.75, 3.05) is 13.1 Å². The number of hydrogen-bond acceptors (Lipinski definition) is 2. The van der Waals surface area contributed by atoms with Gasteiger partial charge in [-0.3, -0.25) is 9.89 Å². The number of hydrogen-bond donors (Lipinski definition) is 1. The number of likely N-dealkylation sites (tertiary alicyclic amines) is 1. The molecule has 0 spiro atoms. The summed E-state index contributed by atoms with van der Waals surface area (Å²) >= 11 is 0. The quantitative estimate of drug-likeness (QED) is 0.791. The van der Waals surface area contributed by atoms with Crippen molar-refractivity contribution in [3.63, 3.8) is 0 Å². The highest BCUT2D eigenvalue weighted by Crippen LogP contribution is 2.30. The lowest BCUT2D eigenvalue weighted by molar-refractivity contribution is 0.0791. The largest absolute Gasteiger partial charge is 0.347 e. The molecule has 1 N–H and O–H groups in total. The molecule has 0 bridgehead atoms. The molecule has 0 radical (unpaired) electrons. The Balaban J connectivity index is 1.67. The van der Waals surface area contributed by atoms with E-state index in [0.29, 0.717) is 5.92 Å². The standard InChI is InChI=1S/C18H20N4O/c1-12-17(14-5-3-4-6-16(14)21(12)2)18(23)22-10-8-13(11-22)15-7-9-19-20-15/h3-7,9,13H,8,10-11H2,1-2H3,(H,19,20)/t13-/m0/s1. The molecule has 2 aromatic heterocycles. The van der Waals surface area contributed by atoms with Crippen LogP contribution in [0.15, 0.2) is 36.5 Å². The monoisotopic (exact) mass is 308 g/mol. The van der Waals surface area contributed by atoms with Gasteiger partial charge in [0, 0.05) is 54.5 Å². The van der Waals surface area contributed by atoms with Gasteiger partial charge in [0.15, 0.2) is 0 Å². The third kappa shape index (κ3) is 2.15. The Morgan fingerprint density at radius 2 is 2.13 bits per heavy atom. The highest BCUT2D eigenvalue weighted by Gasteiger charge is 2.31. The van der Waals surface area contributed by atoms with E-state index in [9.17, 15) is 4.79 Å². The number of aromatic amines is 1. The molecular weight excluding hydrogens is 288 g/mol. The molecule has 5 nitrogen and oxygen atoms in total. The normalized spacial score (nSPS) is 18.0. The van der Waals surface area contributed by atoms with Gasteiger partial charge in [-0.05, 0) is 25.5 Å². The van der Waals surface area contributed by atoms with E-state index in [1.54, 1.807) is 6.20 Å². The minimum atomic E-state index is 0.140. The molecule has 1 saturated heterocycles. The van der Waals surface area contributed by atoms with Gasteiger partial charge < -0.3 is 9.47 Å². The van der Waals surface area contributed by atoms with Crippen molar-refractivity contribution >= 4 is 16.8 Å². The Labute approximate surface area is 134 Å². The number of nitrogens with one attached hydrogen (secondary N) is 1. The van der Waals surface area contributed by atoms with E-state index >= 15 is 0 Å². The Bertz CT molecular complexity index is 863. The molecule has 23 heavy (non-hydrogen) atoms. The second-order valence-corrected chi connectivity index (χ2v) is 6.29. The maximum atomic E-state index is 13.1. The van der Waals surface area contributed by atoms with Gasteiger partial charge in [0.1, 0.15) is 0 Å². The molecular formula is C18H20N4O. The van der Waals surface area contributed by atoms with Crippen molar-refractivity contribution in [1.29, 1.82) is 0 Å². The molecule has 1 aromatic carbocycles. The van der Waals surface area contributed by atoms with Crippen LogP contribution in [0.25, 0.3) is 10.9 Å². The predicted octanol–water partition coefficient (Wildman–Crippen LogP) is 2.84. The third-order valence-electron chi connectivity index (χ3n) is 5.05. The van der Waals surface area contributed by atoms with Gasteiger partial charge in [0.25, 0.3) is 5.91 Å². The number of aryl methyl sites for hydroxylation is 1. The zero-order valence-electron chi connectivity index (χ0n) is 13.4. The lowest BCUT2D eigenvalue weighted by atomic mass is 10.1. The van der Waals surface area contributed by atoms with Crippen LogP contribution < -0.4 is 0 Å². The van der Waals surface area contributed by atoms with Crippen molar-refractivity contribution in [1.82, 2.24) is 19.7 Å². The molecule has 1 aliphatic heterocycles. The number of carbonyl (C=O) groups is 1. The average Bonchev–Trinajstić information content (AvgIpc) is 3.28. The fourth-order valence-corrected chi connectivity index (χ4v) is 3.64. The first-order valence-corrected chi connectivity index (χ1v) is 7.99. The third-order valence-corrected chi connectivity index (χ3v) is 5.05. The maximum Gasteiger partial charge on any atom is 0.256 e. The Kier molecular flexibility index (Phi) is 3.22. The van der Waals surface area contributed by atoms with Gasteiger partial charge in [-0.25, -0.2) is 0 Å². The predicted molar refractivity (Wildman–Crippen MR) is 89.5 cm³/mol. The van der Waals surface area contributed by atoms with Crippen LogP contribution >= 0.6 is 0 Å². The van der Waals surface area contributed by atoms with Gasteiger partial charge in [-0.15, -0.1) is 0 Å². The number of para-hydroxylation sites is 1. The van der Waals surface area contributed by atoms with E-state index in [1.807, 2.05) is 43.1 Å². The van der Waals surface area contributed by atoms with E-state index in [2.05, 4.69) is 20.8 Å².